The number of benzene rings is 3. The average Bonchev–Trinajstić information content (AvgIpc) is 3.11. The average molecular weight is 356 g/mol. The number of nitrogens with one attached hydrogen (secondary N) is 1. The highest BCUT2D eigenvalue weighted by Crippen LogP contribution is 2.18. The summed E-state index contributed by atoms with van der Waals surface area (Å²) >= 11 is 0. The number of carbonyl (C=O) groups is 1. The molecule has 4 rings (SSSR count). The normalized spacial score (nSPS) is 10.7. The lowest BCUT2D eigenvalue weighted by Gasteiger charge is -2.09. The van der Waals surface area contributed by atoms with Crippen molar-refractivity contribution in [3.63, 3.8) is 0 Å². The molecule has 3 aromatic carbocycles. The number of hydrogen-bond donors (Lipinski definition) is 1. The van der Waals surface area contributed by atoms with Gasteiger partial charge in [0.1, 0.15) is 18.9 Å². The fourth-order valence-electron chi connectivity index (χ4n) is 3.01. The first kappa shape index (κ1) is 16.9. The Bertz CT molecular complexity index is 1040. The zero-order valence-corrected chi connectivity index (χ0v) is 14.8. The molecule has 1 aromatic heterocycles. The molecule has 0 saturated heterocycles. The number of amides is 1. The van der Waals surface area contributed by atoms with E-state index in [0.717, 1.165) is 27.9 Å². The molecule has 0 aliphatic carbocycles. The summed E-state index contributed by atoms with van der Waals surface area (Å²) in [7, 11) is 0. The Morgan fingerprint density at radius 1 is 0.852 bits per heavy atom. The van der Waals surface area contributed by atoms with Crippen LogP contribution in [0.2, 0.25) is 0 Å². The van der Waals surface area contributed by atoms with Gasteiger partial charge in [-0.1, -0.05) is 48.5 Å². The van der Waals surface area contributed by atoms with Gasteiger partial charge in [-0.2, -0.15) is 0 Å². The van der Waals surface area contributed by atoms with Crippen LogP contribution in [0.15, 0.2) is 91.1 Å². The maximum atomic E-state index is 12.4. The molecule has 4 heteroatoms. The first-order valence-corrected chi connectivity index (χ1v) is 8.88. The third-order valence-corrected chi connectivity index (χ3v) is 4.38. The van der Waals surface area contributed by atoms with E-state index in [9.17, 15) is 4.79 Å². The highest BCUT2D eigenvalue weighted by Gasteiger charge is 2.06. The van der Waals surface area contributed by atoms with Gasteiger partial charge in [-0.15, -0.1) is 0 Å². The van der Waals surface area contributed by atoms with Crippen LogP contribution in [-0.4, -0.2) is 10.5 Å². The number of nitrogens with zero attached hydrogens (tertiary/aromatic N) is 1. The van der Waals surface area contributed by atoms with Crippen molar-refractivity contribution >= 4 is 22.5 Å². The zero-order chi connectivity index (χ0) is 18.5. The Hall–Kier alpha value is -3.53. The summed E-state index contributed by atoms with van der Waals surface area (Å²) < 4.78 is 7.72. The first-order valence-electron chi connectivity index (χ1n) is 8.88. The number of anilines is 1. The second-order valence-corrected chi connectivity index (χ2v) is 6.35. The Kier molecular flexibility index (Phi) is 4.88. The van der Waals surface area contributed by atoms with Crippen molar-refractivity contribution in [1.29, 1.82) is 0 Å². The van der Waals surface area contributed by atoms with Crippen LogP contribution in [0.5, 0.6) is 5.75 Å². The molecule has 134 valence electrons. The van der Waals surface area contributed by atoms with E-state index in [2.05, 4.69) is 5.32 Å². The summed E-state index contributed by atoms with van der Waals surface area (Å²) in [5, 5.41) is 4.06. The lowest BCUT2D eigenvalue weighted by Crippen LogP contribution is -2.18. The standard InChI is InChI=1S/C23H20N2O2/c26-23(16-25-15-14-19-8-4-5-9-22(19)25)24-20-10-12-21(13-11-20)27-17-18-6-2-1-3-7-18/h1-15H,16-17H2,(H,24,26). The molecule has 1 heterocycles. The van der Waals surface area contributed by atoms with Crippen molar-refractivity contribution in [2.24, 2.45) is 0 Å². The van der Waals surface area contributed by atoms with Gasteiger partial charge in [-0.05, 0) is 47.3 Å². The van der Waals surface area contributed by atoms with E-state index in [0.29, 0.717) is 6.61 Å². The van der Waals surface area contributed by atoms with Gasteiger partial charge >= 0.3 is 0 Å². The largest absolute Gasteiger partial charge is 0.489 e. The predicted molar refractivity (Wildman–Crippen MR) is 108 cm³/mol. The highest BCUT2D eigenvalue weighted by atomic mass is 16.5. The van der Waals surface area contributed by atoms with E-state index < -0.39 is 0 Å². The van der Waals surface area contributed by atoms with E-state index in [-0.39, 0.29) is 12.5 Å². The minimum atomic E-state index is -0.0608. The Morgan fingerprint density at radius 2 is 1.59 bits per heavy atom. The van der Waals surface area contributed by atoms with E-state index >= 15 is 0 Å². The van der Waals surface area contributed by atoms with Gasteiger partial charge in [0, 0.05) is 17.4 Å². The van der Waals surface area contributed by atoms with E-state index in [1.807, 2.05) is 95.7 Å². The lowest BCUT2D eigenvalue weighted by molar-refractivity contribution is -0.116. The second kappa shape index (κ2) is 7.79. The highest BCUT2D eigenvalue weighted by molar-refractivity contribution is 5.92. The summed E-state index contributed by atoms with van der Waals surface area (Å²) in [6, 6.07) is 27.5. The van der Waals surface area contributed by atoms with Gasteiger partial charge in [-0.25, -0.2) is 0 Å². The SMILES string of the molecule is O=C(Cn1ccc2ccccc21)Nc1ccc(OCc2ccccc2)cc1. The maximum Gasteiger partial charge on any atom is 0.244 e. The molecule has 0 bridgehead atoms. The maximum absolute atomic E-state index is 12.4. The first-order chi connectivity index (χ1) is 13.3. The molecule has 4 aromatic rings. The molecule has 0 saturated carbocycles. The lowest BCUT2D eigenvalue weighted by atomic mass is 10.2. The van der Waals surface area contributed by atoms with Gasteiger partial charge in [0.05, 0.1) is 0 Å². The van der Waals surface area contributed by atoms with Crippen LogP contribution in [-0.2, 0) is 17.9 Å². The molecule has 27 heavy (non-hydrogen) atoms. The summed E-state index contributed by atoms with van der Waals surface area (Å²) in [5.41, 5.74) is 2.93. The number of hydrogen-bond acceptors (Lipinski definition) is 2. The molecule has 1 N–H and O–H groups in total. The van der Waals surface area contributed by atoms with Crippen LogP contribution >= 0.6 is 0 Å². The minimum absolute atomic E-state index is 0.0608. The monoisotopic (exact) mass is 356 g/mol. The Labute approximate surface area is 158 Å². The van der Waals surface area contributed by atoms with Crippen LogP contribution in [0.3, 0.4) is 0 Å². The van der Waals surface area contributed by atoms with E-state index in [4.69, 9.17) is 4.74 Å². The van der Waals surface area contributed by atoms with Crippen LogP contribution in [0.25, 0.3) is 10.9 Å². The number of rotatable bonds is 6. The summed E-state index contributed by atoms with van der Waals surface area (Å²) in [6.07, 6.45) is 1.94. The summed E-state index contributed by atoms with van der Waals surface area (Å²) in [4.78, 5) is 12.4. The number of carbonyl (C=O) groups excluding carboxylic acids is 1. The molecular weight excluding hydrogens is 336 g/mol. The predicted octanol–water partition coefficient (Wildman–Crippen LogP) is 4.86. The summed E-state index contributed by atoms with van der Waals surface area (Å²) in [6.45, 7) is 0.799. The van der Waals surface area contributed by atoms with Crippen molar-refractivity contribution in [3.05, 3.63) is 96.7 Å². The molecule has 4 nitrogen and oxygen atoms in total. The van der Waals surface area contributed by atoms with Crippen LogP contribution in [0, 0.1) is 0 Å². The van der Waals surface area contributed by atoms with Crippen LogP contribution in [0.4, 0.5) is 5.69 Å². The number of ether oxygens (including phenoxy) is 1. The Balaban J connectivity index is 1.34. The molecule has 0 atom stereocenters. The zero-order valence-electron chi connectivity index (χ0n) is 14.8. The van der Waals surface area contributed by atoms with E-state index in [1.54, 1.807) is 0 Å². The molecular formula is C23H20N2O2. The molecule has 0 aliphatic rings. The summed E-state index contributed by atoms with van der Waals surface area (Å²) in [5.74, 6) is 0.711. The molecule has 0 radical (unpaired) electrons. The smallest absolute Gasteiger partial charge is 0.244 e. The number of aromatic nitrogens is 1. The molecule has 1 amide bonds. The fourth-order valence-corrected chi connectivity index (χ4v) is 3.01. The second-order valence-electron chi connectivity index (χ2n) is 6.35. The fraction of sp³-hybridized carbons (Fsp3) is 0.0870. The van der Waals surface area contributed by atoms with E-state index in [1.165, 1.54) is 0 Å². The molecule has 0 unspecified atom stereocenters. The van der Waals surface area contributed by atoms with Crippen molar-refractivity contribution in [3.8, 4) is 5.75 Å². The van der Waals surface area contributed by atoms with Crippen molar-refractivity contribution < 1.29 is 9.53 Å². The van der Waals surface area contributed by atoms with Crippen molar-refractivity contribution in [2.45, 2.75) is 13.2 Å². The third-order valence-electron chi connectivity index (χ3n) is 4.38. The topological polar surface area (TPSA) is 43.3 Å². The van der Waals surface area contributed by atoms with Gasteiger partial charge in [0.25, 0.3) is 0 Å². The quantitative estimate of drug-likeness (QED) is 0.536. The van der Waals surface area contributed by atoms with Gasteiger partial charge in [-0.3, -0.25) is 4.79 Å². The van der Waals surface area contributed by atoms with Gasteiger partial charge < -0.3 is 14.6 Å². The van der Waals surface area contributed by atoms with Gasteiger partial charge in [0.15, 0.2) is 0 Å². The number of para-hydroxylation sites is 1. The molecule has 0 aliphatic heterocycles. The van der Waals surface area contributed by atoms with Crippen LogP contribution in [0.1, 0.15) is 5.56 Å². The van der Waals surface area contributed by atoms with Crippen LogP contribution < -0.4 is 10.1 Å². The van der Waals surface area contributed by atoms with Crippen molar-refractivity contribution in [2.75, 3.05) is 5.32 Å². The molecule has 0 spiro atoms. The van der Waals surface area contributed by atoms with Gasteiger partial charge in [0.2, 0.25) is 5.91 Å². The number of fused-ring (bicyclic) bond motifs is 1. The molecule has 0 fully saturated rings. The minimum Gasteiger partial charge on any atom is -0.489 e. The van der Waals surface area contributed by atoms with Crippen molar-refractivity contribution in [1.82, 2.24) is 4.57 Å². The third kappa shape index (κ3) is 4.18. The Morgan fingerprint density at radius 3 is 2.41 bits per heavy atom.